The molecule has 2 amide bonds. The normalized spacial score (nSPS) is 16.3. The van der Waals surface area contributed by atoms with Gasteiger partial charge in [-0.2, -0.15) is 0 Å². The summed E-state index contributed by atoms with van der Waals surface area (Å²) < 4.78 is 2.10. The Morgan fingerprint density at radius 2 is 1.84 bits per heavy atom. The van der Waals surface area contributed by atoms with Crippen molar-refractivity contribution in [3.05, 3.63) is 73.1 Å². The molecule has 0 bridgehead atoms. The zero-order valence-electron chi connectivity index (χ0n) is 17.2. The zero-order valence-corrected chi connectivity index (χ0v) is 17.2. The first-order chi connectivity index (χ1) is 15.2. The number of rotatable bonds is 6. The second kappa shape index (κ2) is 8.22. The second-order valence-corrected chi connectivity index (χ2v) is 7.97. The largest absolute Gasteiger partial charge is 0.356 e. The van der Waals surface area contributed by atoms with Gasteiger partial charge in [0.15, 0.2) is 0 Å². The van der Waals surface area contributed by atoms with E-state index in [1.165, 1.54) is 0 Å². The second-order valence-electron chi connectivity index (χ2n) is 7.97. The molecule has 156 valence electrons. The number of anilines is 1. The van der Waals surface area contributed by atoms with Crippen LogP contribution in [0.4, 0.5) is 5.69 Å². The minimum atomic E-state index is -0.319. The van der Waals surface area contributed by atoms with Gasteiger partial charge in [0.05, 0.1) is 29.0 Å². The molecule has 1 aliphatic heterocycles. The number of imidazole rings is 1. The summed E-state index contributed by atoms with van der Waals surface area (Å²) in [5.74, 6) is -0.367. The van der Waals surface area contributed by atoms with E-state index in [-0.39, 0.29) is 24.2 Å². The molecule has 31 heavy (non-hydrogen) atoms. The highest BCUT2D eigenvalue weighted by Crippen LogP contribution is 2.31. The highest BCUT2D eigenvalue weighted by Gasteiger charge is 2.35. The van der Waals surface area contributed by atoms with E-state index in [1.807, 2.05) is 73.1 Å². The molecule has 4 aromatic rings. The lowest BCUT2D eigenvalue weighted by Gasteiger charge is -2.19. The molecule has 2 heterocycles. The molecule has 3 aromatic carbocycles. The standard InChI is InChI=1S/C25H24N4O2/c30-24-15-19(16-29(24)22-12-5-8-18-7-1-2-9-20(18)22)25(31)26-13-6-14-28-17-27-21-10-3-4-11-23(21)28/h1-5,7-12,17,19H,6,13-16H2,(H,26,31)/t19-/m1/s1. The summed E-state index contributed by atoms with van der Waals surface area (Å²) in [6, 6.07) is 22.0. The Hall–Kier alpha value is -3.67. The molecule has 1 aromatic heterocycles. The summed E-state index contributed by atoms with van der Waals surface area (Å²) >= 11 is 0. The molecule has 6 nitrogen and oxygen atoms in total. The quantitative estimate of drug-likeness (QED) is 0.491. The van der Waals surface area contributed by atoms with Crippen LogP contribution in [0, 0.1) is 5.92 Å². The van der Waals surface area contributed by atoms with E-state index in [9.17, 15) is 9.59 Å². The molecule has 0 spiro atoms. The number of nitrogens with one attached hydrogen (secondary N) is 1. The van der Waals surface area contributed by atoms with Gasteiger partial charge in [0, 0.05) is 31.4 Å². The molecular weight excluding hydrogens is 388 g/mol. The first-order valence-electron chi connectivity index (χ1n) is 10.7. The smallest absolute Gasteiger partial charge is 0.227 e. The van der Waals surface area contributed by atoms with Gasteiger partial charge in [-0.3, -0.25) is 9.59 Å². The van der Waals surface area contributed by atoms with E-state index < -0.39 is 0 Å². The van der Waals surface area contributed by atoms with Crippen molar-refractivity contribution in [1.82, 2.24) is 14.9 Å². The Bertz CT molecular complexity index is 1260. The maximum atomic E-state index is 12.7. The fourth-order valence-corrected chi connectivity index (χ4v) is 4.35. The van der Waals surface area contributed by atoms with Gasteiger partial charge in [-0.25, -0.2) is 4.98 Å². The van der Waals surface area contributed by atoms with Gasteiger partial charge in [0.2, 0.25) is 11.8 Å². The number of benzene rings is 3. The van der Waals surface area contributed by atoms with Crippen molar-refractivity contribution in [1.29, 1.82) is 0 Å². The molecule has 1 saturated heterocycles. The van der Waals surface area contributed by atoms with Crippen molar-refractivity contribution in [2.45, 2.75) is 19.4 Å². The van der Waals surface area contributed by atoms with Gasteiger partial charge in [0.1, 0.15) is 0 Å². The molecule has 1 fully saturated rings. The average Bonchev–Trinajstić information content (AvgIpc) is 3.40. The van der Waals surface area contributed by atoms with E-state index in [4.69, 9.17) is 0 Å². The maximum Gasteiger partial charge on any atom is 0.227 e. The number of carbonyl (C=O) groups is 2. The molecule has 6 heteroatoms. The summed E-state index contributed by atoms with van der Waals surface area (Å²) in [4.78, 5) is 31.5. The number of nitrogens with zero attached hydrogens (tertiary/aromatic N) is 3. The molecular formula is C25H24N4O2. The van der Waals surface area contributed by atoms with Gasteiger partial charge in [-0.15, -0.1) is 0 Å². The van der Waals surface area contributed by atoms with Crippen molar-refractivity contribution in [2.24, 2.45) is 5.92 Å². The molecule has 0 saturated carbocycles. The number of para-hydroxylation sites is 2. The third kappa shape index (κ3) is 3.77. The minimum Gasteiger partial charge on any atom is -0.356 e. The Balaban J connectivity index is 1.18. The molecule has 1 aliphatic rings. The number of aryl methyl sites for hydroxylation is 1. The van der Waals surface area contributed by atoms with Crippen molar-refractivity contribution in [2.75, 3.05) is 18.0 Å². The average molecular weight is 412 g/mol. The topological polar surface area (TPSA) is 67.2 Å². The van der Waals surface area contributed by atoms with E-state index in [0.717, 1.165) is 40.5 Å². The first-order valence-corrected chi connectivity index (χ1v) is 10.7. The monoisotopic (exact) mass is 412 g/mol. The third-order valence-corrected chi connectivity index (χ3v) is 5.96. The SMILES string of the molecule is O=C(NCCCn1cnc2ccccc21)[C@@H]1CC(=O)N(c2cccc3ccccc23)C1. The van der Waals surface area contributed by atoms with Gasteiger partial charge in [0.25, 0.3) is 0 Å². The van der Waals surface area contributed by atoms with E-state index in [1.54, 1.807) is 4.90 Å². The highest BCUT2D eigenvalue weighted by molar-refractivity contribution is 6.06. The number of hydrogen-bond acceptors (Lipinski definition) is 3. The zero-order chi connectivity index (χ0) is 21.2. The first kappa shape index (κ1) is 19.3. The molecule has 5 rings (SSSR count). The number of aromatic nitrogens is 2. The van der Waals surface area contributed by atoms with E-state index >= 15 is 0 Å². The molecule has 0 aliphatic carbocycles. The molecule has 1 atom stereocenters. The maximum absolute atomic E-state index is 12.7. The van der Waals surface area contributed by atoms with Crippen LogP contribution in [0.15, 0.2) is 73.1 Å². The third-order valence-electron chi connectivity index (χ3n) is 5.96. The van der Waals surface area contributed by atoms with Crippen LogP contribution in [0.3, 0.4) is 0 Å². The minimum absolute atomic E-state index is 0.00129. The molecule has 0 radical (unpaired) electrons. The van der Waals surface area contributed by atoms with Crippen LogP contribution in [0.25, 0.3) is 21.8 Å². The number of hydrogen-bond donors (Lipinski definition) is 1. The van der Waals surface area contributed by atoms with Crippen molar-refractivity contribution in [3.63, 3.8) is 0 Å². The van der Waals surface area contributed by atoms with Crippen LogP contribution < -0.4 is 10.2 Å². The lowest BCUT2D eigenvalue weighted by atomic mass is 10.1. The lowest BCUT2D eigenvalue weighted by Crippen LogP contribution is -2.33. The van der Waals surface area contributed by atoms with Crippen LogP contribution in [0.1, 0.15) is 12.8 Å². The molecule has 0 unspecified atom stereocenters. The highest BCUT2D eigenvalue weighted by atomic mass is 16.2. The Kier molecular flexibility index (Phi) is 5.12. The Morgan fingerprint density at radius 3 is 2.77 bits per heavy atom. The molecule has 1 N–H and O–H groups in total. The summed E-state index contributed by atoms with van der Waals surface area (Å²) in [5.41, 5.74) is 2.95. The summed E-state index contributed by atoms with van der Waals surface area (Å²) in [6.45, 7) is 1.78. The lowest BCUT2D eigenvalue weighted by molar-refractivity contribution is -0.126. The number of carbonyl (C=O) groups excluding carboxylic acids is 2. The fraction of sp³-hybridized carbons (Fsp3) is 0.240. The van der Waals surface area contributed by atoms with Crippen molar-refractivity contribution in [3.8, 4) is 0 Å². The fourth-order valence-electron chi connectivity index (χ4n) is 4.35. The number of fused-ring (bicyclic) bond motifs is 2. The van der Waals surface area contributed by atoms with Crippen molar-refractivity contribution < 1.29 is 9.59 Å². The van der Waals surface area contributed by atoms with E-state index in [0.29, 0.717) is 13.1 Å². The Labute approximate surface area is 180 Å². The van der Waals surface area contributed by atoms with Crippen molar-refractivity contribution >= 4 is 39.3 Å². The van der Waals surface area contributed by atoms with E-state index in [2.05, 4.69) is 14.9 Å². The summed E-state index contributed by atoms with van der Waals surface area (Å²) in [6.07, 6.45) is 2.89. The predicted octanol–water partition coefficient (Wildman–Crippen LogP) is 3.75. The van der Waals surface area contributed by atoms with Crippen LogP contribution in [0.2, 0.25) is 0 Å². The van der Waals surface area contributed by atoms with Crippen LogP contribution in [0.5, 0.6) is 0 Å². The Morgan fingerprint density at radius 1 is 1.03 bits per heavy atom. The van der Waals surface area contributed by atoms with Gasteiger partial charge in [-0.1, -0.05) is 48.5 Å². The summed E-state index contributed by atoms with van der Waals surface area (Å²) in [5, 5.41) is 5.14. The van der Waals surface area contributed by atoms with Crippen LogP contribution >= 0.6 is 0 Å². The predicted molar refractivity (Wildman–Crippen MR) is 122 cm³/mol. The van der Waals surface area contributed by atoms with Crippen LogP contribution in [-0.2, 0) is 16.1 Å². The van der Waals surface area contributed by atoms with Gasteiger partial charge < -0.3 is 14.8 Å². The van der Waals surface area contributed by atoms with Gasteiger partial charge in [-0.05, 0) is 30.0 Å². The van der Waals surface area contributed by atoms with Gasteiger partial charge >= 0.3 is 0 Å². The number of amides is 2. The van der Waals surface area contributed by atoms with Crippen LogP contribution in [-0.4, -0.2) is 34.5 Å². The summed E-state index contributed by atoms with van der Waals surface area (Å²) in [7, 11) is 0.